The molecule has 96 valence electrons. The number of halogens is 4. The maximum absolute atomic E-state index is 13.5. The van der Waals surface area contributed by atoms with Gasteiger partial charge in [0.15, 0.2) is 0 Å². The molecule has 18 heavy (non-hydrogen) atoms. The van der Waals surface area contributed by atoms with Gasteiger partial charge >= 0.3 is 0 Å². The predicted molar refractivity (Wildman–Crippen MR) is 72.7 cm³/mol. The van der Waals surface area contributed by atoms with E-state index in [2.05, 4.69) is 0 Å². The van der Waals surface area contributed by atoms with Crippen molar-refractivity contribution in [1.29, 1.82) is 0 Å². The molecule has 0 N–H and O–H groups in total. The summed E-state index contributed by atoms with van der Waals surface area (Å²) in [5.41, 5.74) is 1.35. The first-order chi connectivity index (χ1) is 8.49. The first-order valence-electron chi connectivity index (χ1n) is 5.30. The van der Waals surface area contributed by atoms with Crippen LogP contribution in [0.1, 0.15) is 21.4 Å². The van der Waals surface area contributed by atoms with E-state index < -0.39 is 17.0 Å². The van der Waals surface area contributed by atoms with Crippen molar-refractivity contribution >= 4 is 34.5 Å². The summed E-state index contributed by atoms with van der Waals surface area (Å²) in [5.74, 6) is -1.17. The van der Waals surface area contributed by atoms with Gasteiger partial charge in [-0.2, -0.15) is 0 Å². The van der Waals surface area contributed by atoms with Crippen molar-refractivity contribution in [3.05, 3.63) is 56.2 Å². The Hall–Kier alpha value is -0.640. The number of benzene rings is 1. The third-order valence-corrected chi connectivity index (χ3v) is 4.95. The minimum atomic E-state index is -0.590. The second-order valence-electron chi connectivity index (χ2n) is 4.00. The van der Waals surface area contributed by atoms with Gasteiger partial charge in [0.25, 0.3) is 0 Å². The van der Waals surface area contributed by atoms with Gasteiger partial charge < -0.3 is 0 Å². The average molecular weight is 307 g/mol. The zero-order valence-corrected chi connectivity index (χ0v) is 11.8. The number of rotatable bonds is 3. The highest BCUT2D eigenvalue weighted by molar-refractivity contribution is 7.11. The van der Waals surface area contributed by atoms with Crippen molar-refractivity contribution in [3.8, 4) is 0 Å². The smallest absolute Gasteiger partial charge is 0.129 e. The Bertz CT molecular complexity index is 566. The van der Waals surface area contributed by atoms with E-state index in [0.717, 1.165) is 16.5 Å². The summed E-state index contributed by atoms with van der Waals surface area (Å²) in [5, 5.41) is 2.13. The predicted octanol–water partition coefficient (Wildman–Crippen LogP) is 5.51. The van der Waals surface area contributed by atoms with Gasteiger partial charge in [-0.15, -0.1) is 22.9 Å². The molecule has 0 nitrogen and oxygen atoms in total. The fraction of sp³-hybridized carbons (Fsp3) is 0.231. The fourth-order valence-corrected chi connectivity index (χ4v) is 3.42. The van der Waals surface area contributed by atoms with Gasteiger partial charge in [-0.1, -0.05) is 17.7 Å². The minimum absolute atomic E-state index is 0.285. The molecule has 0 fully saturated rings. The SMILES string of the molecule is Cc1csc(C(Cl)Cc2ccc(F)cc2F)c1Cl. The molecule has 0 spiro atoms. The van der Waals surface area contributed by atoms with Crippen molar-refractivity contribution in [2.75, 3.05) is 0 Å². The quantitative estimate of drug-likeness (QED) is 0.656. The van der Waals surface area contributed by atoms with E-state index in [1.165, 1.54) is 23.5 Å². The molecule has 0 saturated carbocycles. The van der Waals surface area contributed by atoms with Crippen LogP contribution in [0.3, 0.4) is 0 Å². The largest absolute Gasteiger partial charge is 0.207 e. The Morgan fingerprint density at radius 1 is 1.33 bits per heavy atom. The van der Waals surface area contributed by atoms with Gasteiger partial charge in [0.1, 0.15) is 11.6 Å². The molecule has 0 aliphatic rings. The summed E-state index contributed by atoms with van der Waals surface area (Å²) >= 11 is 13.8. The number of alkyl halides is 1. The normalized spacial score (nSPS) is 12.7. The molecular formula is C13H10Cl2F2S. The van der Waals surface area contributed by atoms with Crippen molar-refractivity contribution in [2.24, 2.45) is 0 Å². The number of thiophene rings is 1. The van der Waals surface area contributed by atoms with Crippen LogP contribution in [0.15, 0.2) is 23.6 Å². The lowest BCUT2D eigenvalue weighted by molar-refractivity contribution is 0.571. The van der Waals surface area contributed by atoms with Crippen LogP contribution in [0.25, 0.3) is 0 Å². The van der Waals surface area contributed by atoms with Crippen LogP contribution in [0.4, 0.5) is 8.78 Å². The van der Waals surface area contributed by atoms with Gasteiger partial charge in [0.2, 0.25) is 0 Å². The Balaban J connectivity index is 2.21. The van der Waals surface area contributed by atoms with Crippen molar-refractivity contribution in [2.45, 2.75) is 18.7 Å². The molecule has 1 aromatic carbocycles. The third-order valence-electron chi connectivity index (χ3n) is 2.62. The van der Waals surface area contributed by atoms with Crippen LogP contribution in [-0.4, -0.2) is 0 Å². The Morgan fingerprint density at radius 2 is 2.06 bits per heavy atom. The van der Waals surface area contributed by atoms with Crippen LogP contribution in [-0.2, 0) is 6.42 Å². The highest BCUT2D eigenvalue weighted by atomic mass is 35.5. The van der Waals surface area contributed by atoms with Gasteiger partial charge in [0, 0.05) is 10.9 Å². The van der Waals surface area contributed by atoms with Crippen LogP contribution in [0.2, 0.25) is 5.02 Å². The molecule has 0 radical (unpaired) electrons. The van der Waals surface area contributed by atoms with Crippen molar-refractivity contribution in [3.63, 3.8) is 0 Å². The molecule has 0 aliphatic carbocycles. The fourth-order valence-electron chi connectivity index (χ4n) is 1.63. The molecule has 1 heterocycles. The van der Waals surface area contributed by atoms with E-state index in [9.17, 15) is 8.78 Å². The van der Waals surface area contributed by atoms with E-state index in [-0.39, 0.29) is 6.42 Å². The third kappa shape index (κ3) is 2.85. The molecule has 1 aromatic heterocycles. The lowest BCUT2D eigenvalue weighted by atomic mass is 10.1. The first kappa shape index (κ1) is 13.8. The van der Waals surface area contributed by atoms with Gasteiger partial charge in [0.05, 0.1) is 10.4 Å². The number of hydrogen-bond acceptors (Lipinski definition) is 1. The zero-order valence-electron chi connectivity index (χ0n) is 9.51. The van der Waals surface area contributed by atoms with E-state index in [1.807, 2.05) is 12.3 Å². The van der Waals surface area contributed by atoms with Crippen LogP contribution in [0, 0.1) is 18.6 Å². The molecule has 1 unspecified atom stereocenters. The summed E-state index contributed by atoms with van der Waals surface area (Å²) in [6.45, 7) is 1.89. The maximum Gasteiger partial charge on any atom is 0.129 e. The molecule has 0 bridgehead atoms. The second kappa shape index (κ2) is 5.55. The Morgan fingerprint density at radius 3 is 2.61 bits per heavy atom. The highest BCUT2D eigenvalue weighted by Gasteiger charge is 2.18. The average Bonchev–Trinajstić information content (AvgIpc) is 2.64. The lowest BCUT2D eigenvalue weighted by Gasteiger charge is -2.09. The first-order valence-corrected chi connectivity index (χ1v) is 7.00. The van der Waals surface area contributed by atoms with E-state index in [4.69, 9.17) is 23.2 Å². The number of aryl methyl sites for hydroxylation is 1. The van der Waals surface area contributed by atoms with Gasteiger partial charge in [-0.05, 0) is 35.9 Å². The van der Waals surface area contributed by atoms with Crippen LogP contribution in [0.5, 0.6) is 0 Å². The Labute approximate surface area is 118 Å². The molecule has 2 rings (SSSR count). The summed E-state index contributed by atoms with van der Waals surface area (Å²) in [6.07, 6.45) is 0.285. The molecule has 2 aromatic rings. The molecule has 0 aliphatic heterocycles. The summed E-state index contributed by atoms with van der Waals surface area (Å²) in [4.78, 5) is 0.819. The van der Waals surface area contributed by atoms with Crippen molar-refractivity contribution in [1.82, 2.24) is 0 Å². The second-order valence-corrected chi connectivity index (χ2v) is 5.82. The van der Waals surface area contributed by atoms with E-state index >= 15 is 0 Å². The molecule has 0 saturated heterocycles. The summed E-state index contributed by atoms with van der Waals surface area (Å²) < 4.78 is 26.3. The highest BCUT2D eigenvalue weighted by Crippen LogP contribution is 2.37. The maximum atomic E-state index is 13.5. The number of hydrogen-bond donors (Lipinski definition) is 0. The van der Waals surface area contributed by atoms with Crippen molar-refractivity contribution < 1.29 is 8.78 Å². The summed E-state index contributed by atoms with van der Waals surface area (Å²) in [6, 6.07) is 3.50. The van der Waals surface area contributed by atoms with E-state index in [0.29, 0.717) is 10.6 Å². The van der Waals surface area contributed by atoms with Crippen LogP contribution < -0.4 is 0 Å². The van der Waals surface area contributed by atoms with E-state index in [1.54, 1.807) is 0 Å². The Kier molecular flexibility index (Phi) is 4.25. The monoisotopic (exact) mass is 306 g/mol. The molecule has 5 heteroatoms. The summed E-state index contributed by atoms with van der Waals surface area (Å²) in [7, 11) is 0. The molecule has 1 atom stereocenters. The topological polar surface area (TPSA) is 0 Å². The van der Waals surface area contributed by atoms with Crippen LogP contribution >= 0.6 is 34.5 Å². The lowest BCUT2D eigenvalue weighted by Crippen LogP contribution is -1.98. The molecular weight excluding hydrogens is 297 g/mol. The molecule has 0 amide bonds. The zero-order chi connectivity index (χ0) is 13.3. The van der Waals surface area contributed by atoms with Gasteiger partial charge in [-0.25, -0.2) is 8.78 Å². The minimum Gasteiger partial charge on any atom is -0.207 e. The van der Waals surface area contributed by atoms with Gasteiger partial charge in [-0.3, -0.25) is 0 Å². The standard InChI is InChI=1S/C13H10Cl2F2S/c1-7-6-18-13(12(7)15)10(14)4-8-2-3-9(16)5-11(8)17/h2-3,5-6,10H,4H2,1H3.